The van der Waals surface area contributed by atoms with Crippen LogP contribution in [0, 0.1) is 11.3 Å². The zero-order valence-electron chi connectivity index (χ0n) is 16.0. The molecule has 1 unspecified atom stereocenters. The molecule has 1 saturated carbocycles. The lowest BCUT2D eigenvalue weighted by Crippen LogP contribution is -2.44. The SMILES string of the molecule is CC(Oc1ccc(-c2ccc(C#N)cc2)cc1)C(=O)N(C)C1CCCCC1. The van der Waals surface area contributed by atoms with Crippen molar-refractivity contribution in [3.8, 4) is 22.9 Å². The predicted octanol–water partition coefficient (Wildman–Crippen LogP) is 4.78. The molecule has 1 aliphatic rings. The maximum absolute atomic E-state index is 12.7. The van der Waals surface area contributed by atoms with Gasteiger partial charge in [-0.2, -0.15) is 5.26 Å². The van der Waals surface area contributed by atoms with E-state index in [2.05, 4.69) is 6.07 Å². The smallest absolute Gasteiger partial charge is 0.263 e. The summed E-state index contributed by atoms with van der Waals surface area (Å²) in [6.07, 6.45) is 5.36. The molecule has 0 spiro atoms. The number of benzene rings is 2. The first-order chi connectivity index (χ1) is 13.1. The second-order valence-electron chi connectivity index (χ2n) is 7.21. The van der Waals surface area contributed by atoms with Crippen LogP contribution in [0.25, 0.3) is 11.1 Å². The molecule has 4 nitrogen and oxygen atoms in total. The molecule has 0 saturated heterocycles. The zero-order chi connectivity index (χ0) is 19.2. The van der Waals surface area contributed by atoms with Gasteiger partial charge in [0.05, 0.1) is 11.6 Å². The summed E-state index contributed by atoms with van der Waals surface area (Å²) in [5, 5.41) is 8.89. The van der Waals surface area contributed by atoms with Crippen LogP contribution in [0.4, 0.5) is 0 Å². The van der Waals surface area contributed by atoms with Crippen LogP contribution in [0.3, 0.4) is 0 Å². The minimum absolute atomic E-state index is 0.0399. The first-order valence-electron chi connectivity index (χ1n) is 9.62. The number of amides is 1. The van der Waals surface area contributed by atoms with E-state index in [-0.39, 0.29) is 5.91 Å². The lowest BCUT2D eigenvalue weighted by atomic mass is 9.94. The van der Waals surface area contributed by atoms with Gasteiger partial charge >= 0.3 is 0 Å². The quantitative estimate of drug-likeness (QED) is 0.769. The van der Waals surface area contributed by atoms with Crippen LogP contribution in [-0.4, -0.2) is 30.0 Å². The third-order valence-electron chi connectivity index (χ3n) is 5.33. The number of ether oxygens (including phenoxy) is 1. The van der Waals surface area contributed by atoms with Crippen molar-refractivity contribution in [2.45, 2.75) is 51.2 Å². The molecule has 0 bridgehead atoms. The number of nitrogens with zero attached hydrogens (tertiary/aromatic N) is 2. The third-order valence-corrected chi connectivity index (χ3v) is 5.33. The van der Waals surface area contributed by atoms with Crippen molar-refractivity contribution in [1.82, 2.24) is 4.90 Å². The normalized spacial score (nSPS) is 15.6. The van der Waals surface area contributed by atoms with E-state index in [0.717, 1.165) is 24.0 Å². The van der Waals surface area contributed by atoms with Gasteiger partial charge in [0.1, 0.15) is 5.75 Å². The second-order valence-corrected chi connectivity index (χ2v) is 7.21. The number of carbonyl (C=O) groups excluding carboxylic acids is 1. The lowest BCUT2D eigenvalue weighted by Gasteiger charge is -2.32. The van der Waals surface area contributed by atoms with E-state index in [0.29, 0.717) is 17.4 Å². The van der Waals surface area contributed by atoms with Gasteiger partial charge in [-0.25, -0.2) is 0 Å². The fourth-order valence-electron chi connectivity index (χ4n) is 3.65. The van der Waals surface area contributed by atoms with Crippen molar-refractivity contribution in [2.75, 3.05) is 7.05 Å². The summed E-state index contributed by atoms with van der Waals surface area (Å²) in [6, 6.07) is 17.7. The molecule has 0 N–H and O–H groups in total. The largest absolute Gasteiger partial charge is 0.481 e. The highest BCUT2D eigenvalue weighted by Crippen LogP contribution is 2.25. The molecule has 3 rings (SSSR count). The Morgan fingerprint density at radius 3 is 2.15 bits per heavy atom. The molecule has 2 aromatic carbocycles. The van der Waals surface area contributed by atoms with Crippen LogP contribution in [0.2, 0.25) is 0 Å². The van der Waals surface area contributed by atoms with E-state index in [1.54, 1.807) is 0 Å². The number of likely N-dealkylation sites (N-methyl/N-ethyl adjacent to an activating group) is 1. The van der Waals surface area contributed by atoms with E-state index >= 15 is 0 Å². The van der Waals surface area contributed by atoms with Gasteiger partial charge < -0.3 is 9.64 Å². The number of carbonyl (C=O) groups is 1. The minimum atomic E-state index is -0.502. The van der Waals surface area contributed by atoms with Crippen LogP contribution >= 0.6 is 0 Å². The maximum atomic E-state index is 12.7. The van der Waals surface area contributed by atoms with Gasteiger partial charge in [0.2, 0.25) is 0 Å². The summed E-state index contributed by atoms with van der Waals surface area (Å²) in [6.45, 7) is 1.82. The number of nitriles is 1. The first kappa shape index (κ1) is 19.0. The Morgan fingerprint density at radius 1 is 1.04 bits per heavy atom. The summed E-state index contributed by atoms with van der Waals surface area (Å²) in [5.74, 6) is 0.725. The third kappa shape index (κ3) is 4.68. The maximum Gasteiger partial charge on any atom is 0.263 e. The summed E-state index contributed by atoms with van der Waals surface area (Å²) < 4.78 is 5.88. The van der Waals surface area contributed by atoms with Gasteiger partial charge in [-0.1, -0.05) is 43.5 Å². The van der Waals surface area contributed by atoms with Crippen molar-refractivity contribution in [3.63, 3.8) is 0 Å². The summed E-state index contributed by atoms with van der Waals surface area (Å²) in [4.78, 5) is 14.5. The molecule has 1 atom stereocenters. The average molecular weight is 362 g/mol. The summed E-state index contributed by atoms with van der Waals surface area (Å²) in [5.41, 5.74) is 2.74. The van der Waals surface area contributed by atoms with Crippen LogP contribution in [0.1, 0.15) is 44.6 Å². The van der Waals surface area contributed by atoms with Crippen LogP contribution in [-0.2, 0) is 4.79 Å². The van der Waals surface area contributed by atoms with Gasteiger partial charge in [0.15, 0.2) is 6.10 Å². The first-order valence-corrected chi connectivity index (χ1v) is 9.62. The van der Waals surface area contributed by atoms with Crippen LogP contribution < -0.4 is 4.74 Å². The molecule has 0 aromatic heterocycles. The Balaban J connectivity index is 1.61. The summed E-state index contributed by atoms with van der Waals surface area (Å²) >= 11 is 0. The molecular formula is C23H26N2O2. The monoisotopic (exact) mass is 362 g/mol. The van der Waals surface area contributed by atoms with Crippen LogP contribution in [0.5, 0.6) is 5.75 Å². The molecule has 0 aliphatic heterocycles. The number of hydrogen-bond donors (Lipinski definition) is 0. The Kier molecular flexibility index (Phi) is 6.13. The van der Waals surface area contributed by atoms with Gasteiger partial charge in [-0.15, -0.1) is 0 Å². The second kappa shape index (κ2) is 8.73. The van der Waals surface area contributed by atoms with E-state index < -0.39 is 6.10 Å². The molecule has 0 heterocycles. The molecule has 0 radical (unpaired) electrons. The highest BCUT2D eigenvalue weighted by Gasteiger charge is 2.26. The highest BCUT2D eigenvalue weighted by molar-refractivity contribution is 5.81. The van der Waals surface area contributed by atoms with Gasteiger partial charge in [0, 0.05) is 13.1 Å². The fraction of sp³-hybridized carbons (Fsp3) is 0.391. The highest BCUT2D eigenvalue weighted by atomic mass is 16.5. The average Bonchev–Trinajstić information content (AvgIpc) is 2.74. The zero-order valence-corrected chi connectivity index (χ0v) is 16.0. The van der Waals surface area contributed by atoms with Gasteiger partial charge in [-0.05, 0) is 55.2 Å². The van der Waals surface area contributed by atoms with Crippen molar-refractivity contribution < 1.29 is 9.53 Å². The molecule has 1 aliphatic carbocycles. The standard InChI is InChI=1S/C23H26N2O2/c1-17(23(26)25(2)21-6-4-3-5-7-21)27-22-14-12-20(13-15-22)19-10-8-18(16-24)9-11-19/h8-15,17,21H,3-7H2,1-2H3. The van der Waals surface area contributed by atoms with Crippen molar-refractivity contribution >= 4 is 5.91 Å². The molecular weight excluding hydrogens is 336 g/mol. The van der Waals surface area contributed by atoms with Crippen LogP contribution in [0.15, 0.2) is 48.5 Å². The topological polar surface area (TPSA) is 53.3 Å². The molecule has 1 amide bonds. The van der Waals surface area contributed by atoms with E-state index in [1.165, 1.54) is 19.3 Å². The Morgan fingerprint density at radius 2 is 1.59 bits per heavy atom. The molecule has 27 heavy (non-hydrogen) atoms. The van der Waals surface area contributed by atoms with Crippen molar-refractivity contribution in [1.29, 1.82) is 5.26 Å². The van der Waals surface area contributed by atoms with Crippen molar-refractivity contribution in [2.24, 2.45) is 0 Å². The molecule has 1 fully saturated rings. The minimum Gasteiger partial charge on any atom is -0.481 e. The number of hydrogen-bond acceptors (Lipinski definition) is 3. The lowest BCUT2D eigenvalue weighted by molar-refractivity contribution is -0.139. The Labute approximate surface area is 161 Å². The molecule has 2 aromatic rings. The summed E-state index contributed by atoms with van der Waals surface area (Å²) in [7, 11) is 1.90. The fourth-order valence-corrected chi connectivity index (χ4v) is 3.65. The molecule has 140 valence electrons. The Bertz CT molecular complexity index is 800. The Hall–Kier alpha value is -2.80. The predicted molar refractivity (Wildman–Crippen MR) is 106 cm³/mol. The number of rotatable bonds is 5. The van der Waals surface area contributed by atoms with Crippen molar-refractivity contribution in [3.05, 3.63) is 54.1 Å². The molecule has 4 heteroatoms. The van der Waals surface area contributed by atoms with Gasteiger partial charge in [-0.3, -0.25) is 4.79 Å². The van der Waals surface area contributed by atoms with E-state index in [1.807, 2.05) is 67.4 Å². The van der Waals surface area contributed by atoms with E-state index in [9.17, 15) is 4.79 Å². The van der Waals surface area contributed by atoms with E-state index in [4.69, 9.17) is 10.00 Å². The van der Waals surface area contributed by atoms with Gasteiger partial charge in [0.25, 0.3) is 5.91 Å².